The van der Waals surface area contributed by atoms with E-state index in [1.165, 1.54) is 11.8 Å². The lowest BCUT2D eigenvalue weighted by molar-refractivity contribution is -0.152. The number of rotatable bonds is 2. The van der Waals surface area contributed by atoms with E-state index in [4.69, 9.17) is 9.47 Å². The first-order valence-corrected chi connectivity index (χ1v) is 8.98. The first kappa shape index (κ1) is 18.1. The van der Waals surface area contributed by atoms with Crippen LogP contribution >= 0.6 is 11.8 Å². The molecule has 23 heavy (non-hydrogen) atoms. The third kappa shape index (κ3) is 4.00. The Labute approximate surface area is 141 Å². The molecule has 2 fully saturated rings. The van der Waals surface area contributed by atoms with Crippen molar-refractivity contribution in [2.75, 3.05) is 25.4 Å². The van der Waals surface area contributed by atoms with Crippen LogP contribution in [0.1, 0.15) is 40.5 Å². The van der Waals surface area contributed by atoms with Gasteiger partial charge in [0.05, 0.1) is 12.4 Å². The minimum Gasteiger partial charge on any atom is -0.465 e. The number of hydrogen-bond acceptors (Lipinski definition) is 6. The number of hydrogen-bond donors (Lipinski definition) is 0. The lowest BCUT2D eigenvalue weighted by Crippen LogP contribution is -2.51. The van der Waals surface area contributed by atoms with Gasteiger partial charge in [-0.25, -0.2) is 4.79 Å². The molecule has 1 atom stereocenters. The average molecular weight is 343 g/mol. The van der Waals surface area contributed by atoms with Crippen molar-refractivity contribution in [1.82, 2.24) is 4.90 Å². The Hall–Kier alpha value is -1.24. The zero-order valence-electron chi connectivity index (χ0n) is 14.2. The van der Waals surface area contributed by atoms with Gasteiger partial charge in [0.2, 0.25) is 0 Å². The van der Waals surface area contributed by atoms with Gasteiger partial charge in [0.25, 0.3) is 0 Å². The highest BCUT2D eigenvalue weighted by Crippen LogP contribution is 2.48. The Morgan fingerprint density at radius 1 is 1.30 bits per heavy atom. The van der Waals surface area contributed by atoms with Crippen LogP contribution in [0.4, 0.5) is 4.79 Å². The molecule has 0 aromatic heterocycles. The molecule has 0 aromatic carbocycles. The van der Waals surface area contributed by atoms with E-state index in [0.717, 1.165) is 0 Å². The van der Waals surface area contributed by atoms with E-state index < -0.39 is 22.2 Å². The number of likely N-dealkylation sites (tertiary alicyclic amines) is 1. The maximum atomic E-state index is 12.2. The molecule has 0 aliphatic carbocycles. The van der Waals surface area contributed by atoms with Crippen molar-refractivity contribution in [2.45, 2.75) is 50.9 Å². The summed E-state index contributed by atoms with van der Waals surface area (Å²) in [6.07, 6.45) is 0.868. The van der Waals surface area contributed by atoms with Crippen LogP contribution in [0, 0.1) is 5.92 Å². The number of ketones is 1. The molecular formula is C16H25NO5S. The first-order chi connectivity index (χ1) is 10.7. The Morgan fingerprint density at radius 3 is 2.43 bits per heavy atom. The number of carbonyl (C=O) groups is 3. The summed E-state index contributed by atoms with van der Waals surface area (Å²) in [5.41, 5.74) is -0.530. The molecule has 1 spiro atoms. The van der Waals surface area contributed by atoms with Gasteiger partial charge in [-0.1, -0.05) is 0 Å². The molecule has 7 heteroatoms. The molecule has 0 aromatic rings. The Kier molecular flexibility index (Phi) is 5.28. The maximum absolute atomic E-state index is 12.2. The molecule has 2 saturated heterocycles. The Balaban J connectivity index is 2.03. The van der Waals surface area contributed by atoms with Crippen molar-refractivity contribution < 1.29 is 23.9 Å². The summed E-state index contributed by atoms with van der Waals surface area (Å²) in [6.45, 7) is 8.49. The summed E-state index contributed by atoms with van der Waals surface area (Å²) in [6, 6.07) is 0. The molecule has 6 nitrogen and oxygen atoms in total. The van der Waals surface area contributed by atoms with Gasteiger partial charge in [-0.2, -0.15) is 0 Å². The number of piperidine rings is 1. The predicted molar refractivity (Wildman–Crippen MR) is 87.4 cm³/mol. The summed E-state index contributed by atoms with van der Waals surface area (Å²) < 4.78 is 10.0. The predicted octanol–water partition coefficient (Wildman–Crippen LogP) is 2.25. The molecule has 0 saturated carbocycles. The Bertz CT molecular complexity index is 491. The fourth-order valence-electron chi connectivity index (χ4n) is 3.07. The van der Waals surface area contributed by atoms with E-state index in [9.17, 15) is 14.4 Å². The summed E-state index contributed by atoms with van der Waals surface area (Å²) in [7, 11) is 0. The SMILES string of the molecule is CCOC(=O)C1C(=O)CSC12CCN(C(=O)OC(C)(C)C)CC2. The van der Waals surface area contributed by atoms with Crippen LogP contribution in [0.2, 0.25) is 0 Å². The summed E-state index contributed by atoms with van der Waals surface area (Å²) in [5, 5.41) is 0. The molecule has 2 aliphatic rings. The second-order valence-electron chi connectivity index (χ2n) is 6.97. The van der Waals surface area contributed by atoms with E-state index in [-0.39, 0.29) is 18.5 Å². The second-order valence-corrected chi connectivity index (χ2v) is 8.36. The number of nitrogens with zero attached hydrogens (tertiary/aromatic N) is 1. The van der Waals surface area contributed by atoms with Crippen molar-refractivity contribution in [3.8, 4) is 0 Å². The normalized spacial score (nSPS) is 23.9. The van der Waals surface area contributed by atoms with Gasteiger partial charge in [0.1, 0.15) is 11.5 Å². The van der Waals surface area contributed by atoms with Crippen LogP contribution in [0.15, 0.2) is 0 Å². The highest BCUT2D eigenvalue weighted by Gasteiger charge is 2.55. The zero-order valence-corrected chi connectivity index (χ0v) is 15.0. The van der Waals surface area contributed by atoms with Crippen LogP contribution in [0.3, 0.4) is 0 Å². The lowest BCUT2D eigenvalue weighted by atomic mass is 9.81. The van der Waals surface area contributed by atoms with E-state index >= 15 is 0 Å². The van der Waals surface area contributed by atoms with Crippen LogP contribution in [-0.2, 0) is 19.1 Å². The molecule has 1 unspecified atom stereocenters. The quantitative estimate of drug-likeness (QED) is 0.566. The molecule has 2 aliphatic heterocycles. The Morgan fingerprint density at radius 2 is 1.91 bits per heavy atom. The van der Waals surface area contributed by atoms with Crippen LogP contribution in [0.25, 0.3) is 0 Å². The number of esters is 1. The van der Waals surface area contributed by atoms with Gasteiger partial charge in [-0.05, 0) is 40.5 Å². The molecule has 0 radical (unpaired) electrons. The highest BCUT2D eigenvalue weighted by molar-refractivity contribution is 8.01. The van der Waals surface area contributed by atoms with E-state index in [1.807, 2.05) is 20.8 Å². The minimum absolute atomic E-state index is 0.0563. The van der Waals surface area contributed by atoms with Gasteiger partial charge in [0, 0.05) is 17.8 Å². The van der Waals surface area contributed by atoms with E-state index in [1.54, 1.807) is 11.8 Å². The largest absolute Gasteiger partial charge is 0.465 e. The second kappa shape index (κ2) is 6.71. The van der Waals surface area contributed by atoms with Crippen molar-refractivity contribution in [3.63, 3.8) is 0 Å². The fourth-order valence-corrected chi connectivity index (χ4v) is 4.54. The van der Waals surface area contributed by atoms with E-state index in [2.05, 4.69) is 0 Å². The molecule has 0 bridgehead atoms. The number of carbonyl (C=O) groups excluding carboxylic acids is 3. The third-order valence-corrected chi connectivity index (χ3v) is 5.78. The lowest BCUT2D eigenvalue weighted by Gasteiger charge is -2.40. The van der Waals surface area contributed by atoms with Crippen LogP contribution in [0.5, 0.6) is 0 Å². The van der Waals surface area contributed by atoms with Gasteiger partial charge < -0.3 is 14.4 Å². The van der Waals surface area contributed by atoms with E-state index in [0.29, 0.717) is 31.7 Å². The summed E-state index contributed by atoms with van der Waals surface area (Å²) in [4.78, 5) is 38.1. The van der Waals surface area contributed by atoms with Gasteiger partial charge in [-0.15, -0.1) is 11.8 Å². The zero-order chi connectivity index (χ0) is 17.3. The van der Waals surface area contributed by atoms with Crippen molar-refractivity contribution in [1.29, 1.82) is 0 Å². The van der Waals surface area contributed by atoms with Crippen LogP contribution in [-0.4, -0.2) is 58.5 Å². The number of Topliss-reactive ketones (excluding diaryl/α,β-unsaturated/α-hetero) is 1. The topological polar surface area (TPSA) is 72.9 Å². The number of thioether (sulfide) groups is 1. The molecule has 2 heterocycles. The number of ether oxygens (including phenoxy) is 2. The average Bonchev–Trinajstić information content (AvgIpc) is 2.75. The monoisotopic (exact) mass is 343 g/mol. The third-order valence-electron chi connectivity index (χ3n) is 4.13. The molecule has 1 amide bonds. The molecule has 0 N–H and O–H groups in total. The standard InChI is InChI=1S/C16H25NO5S/c1-5-21-13(19)12-11(18)10-23-16(12)6-8-17(9-7-16)14(20)22-15(2,3)4/h12H,5-10H2,1-4H3. The fraction of sp³-hybridized carbons (Fsp3) is 0.812. The van der Waals surface area contributed by atoms with Gasteiger partial charge in [-0.3, -0.25) is 9.59 Å². The van der Waals surface area contributed by atoms with Gasteiger partial charge in [0.15, 0.2) is 5.78 Å². The molecule has 2 rings (SSSR count). The van der Waals surface area contributed by atoms with Crippen molar-refractivity contribution in [3.05, 3.63) is 0 Å². The summed E-state index contributed by atoms with van der Waals surface area (Å²) >= 11 is 1.53. The first-order valence-electron chi connectivity index (χ1n) is 8.00. The van der Waals surface area contributed by atoms with Crippen molar-refractivity contribution in [2.24, 2.45) is 5.92 Å². The maximum Gasteiger partial charge on any atom is 0.410 e. The summed E-state index contributed by atoms with van der Waals surface area (Å²) in [5.74, 6) is -0.837. The smallest absolute Gasteiger partial charge is 0.410 e. The molecular weight excluding hydrogens is 318 g/mol. The highest BCUT2D eigenvalue weighted by atomic mass is 32.2. The van der Waals surface area contributed by atoms with Crippen LogP contribution < -0.4 is 0 Å². The number of amides is 1. The molecule has 130 valence electrons. The van der Waals surface area contributed by atoms with Crippen molar-refractivity contribution >= 4 is 29.6 Å². The minimum atomic E-state index is -0.701. The van der Waals surface area contributed by atoms with Gasteiger partial charge >= 0.3 is 12.1 Å².